The van der Waals surface area contributed by atoms with Crippen molar-refractivity contribution in [3.8, 4) is 23.0 Å². The van der Waals surface area contributed by atoms with E-state index in [1.165, 1.54) is 57.1 Å². The van der Waals surface area contributed by atoms with Crippen molar-refractivity contribution in [2.24, 2.45) is 0 Å². The van der Waals surface area contributed by atoms with Crippen molar-refractivity contribution in [2.75, 3.05) is 26.4 Å². The van der Waals surface area contributed by atoms with Gasteiger partial charge < -0.3 is 23.5 Å². The van der Waals surface area contributed by atoms with Gasteiger partial charge in [-0.25, -0.2) is 0 Å². The molecule has 10 heteroatoms. The monoisotopic (exact) mass is 1000 g/mol. The number of hydrogen-bond acceptors (Lipinski definition) is 9. The quantitative estimate of drug-likeness (QED) is 0.0358. The zero-order chi connectivity index (χ0) is 51.3. The molecule has 0 aliphatic heterocycles. The highest BCUT2D eigenvalue weighted by Gasteiger charge is 2.41. The Morgan fingerprint density at radius 1 is 0.443 bits per heavy atom. The molecule has 0 radical (unpaired) electrons. The van der Waals surface area contributed by atoms with Gasteiger partial charge in [-0.2, -0.15) is 0 Å². The zero-order valence-corrected chi connectivity index (χ0v) is 47.1. The standard InChI is InChI=1S/C60H107O9P/c1-9-17-23-29-35-41-47-64-56-51-57(70(63,67-50-44-38-32-26-20-12-4)69-55(53(62)16-8)46-40-34-28-22-14-6)59(66-49-43-37-31-25-19-11-3)60(58(56)65-48-42-36-30-24-18-10-2)68-54(52(61)15-7)45-39-33-27-21-13-5/h15-16,51,54-55H,7-14,17-50H2,1-6H3. The molecule has 0 spiro atoms. The smallest absolute Gasteiger partial charge is 0.366 e. The predicted molar refractivity (Wildman–Crippen MR) is 296 cm³/mol. The van der Waals surface area contributed by atoms with Crippen LogP contribution < -0.4 is 24.3 Å². The Kier molecular flexibility index (Phi) is 42.1. The summed E-state index contributed by atoms with van der Waals surface area (Å²) in [5.74, 6) is 0.388. The largest absolute Gasteiger partial charge is 0.490 e. The van der Waals surface area contributed by atoms with Crippen LogP contribution in [0.2, 0.25) is 0 Å². The molecule has 406 valence electrons. The van der Waals surface area contributed by atoms with Crippen LogP contribution in [-0.2, 0) is 23.2 Å². The van der Waals surface area contributed by atoms with Gasteiger partial charge in [-0.15, -0.1) is 0 Å². The molecule has 0 aliphatic carbocycles. The van der Waals surface area contributed by atoms with E-state index in [4.69, 9.17) is 28.0 Å². The van der Waals surface area contributed by atoms with Crippen molar-refractivity contribution in [3.63, 3.8) is 0 Å². The van der Waals surface area contributed by atoms with Crippen LogP contribution in [0.5, 0.6) is 23.0 Å². The molecular weight excluding hydrogens is 896 g/mol. The molecule has 0 bridgehead atoms. The summed E-state index contributed by atoms with van der Waals surface area (Å²) in [4.78, 5) is 27.7. The third kappa shape index (κ3) is 29.8. The van der Waals surface area contributed by atoms with Gasteiger partial charge in [0.2, 0.25) is 11.5 Å². The van der Waals surface area contributed by atoms with E-state index in [2.05, 4.69) is 54.7 Å². The Hall–Kier alpha value is -2.61. The topological polar surface area (TPSA) is 107 Å². The van der Waals surface area contributed by atoms with Crippen LogP contribution >= 0.6 is 7.60 Å². The summed E-state index contributed by atoms with van der Waals surface area (Å²) in [6, 6.07) is 1.71. The van der Waals surface area contributed by atoms with Gasteiger partial charge in [0, 0.05) is 6.07 Å². The average Bonchev–Trinajstić information content (AvgIpc) is 3.36. The van der Waals surface area contributed by atoms with Gasteiger partial charge in [0.25, 0.3) is 0 Å². The molecule has 0 saturated carbocycles. The molecule has 0 N–H and O–H groups in total. The second-order valence-corrected chi connectivity index (χ2v) is 21.6. The molecule has 0 fully saturated rings. The second-order valence-electron chi connectivity index (χ2n) is 19.6. The minimum Gasteiger partial charge on any atom is -0.490 e. The number of hydrogen-bond donors (Lipinski definition) is 0. The van der Waals surface area contributed by atoms with Gasteiger partial charge >= 0.3 is 7.60 Å². The molecular formula is C60H107O9P. The Morgan fingerprint density at radius 2 is 0.786 bits per heavy atom. The van der Waals surface area contributed by atoms with E-state index in [0.29, 0.717) is 50.6 Å². The summed E-state index contributed by atoms with van der Waals surface area (Å²) in [7, 11) is -4.43. The lowest BCUT2D eigenvalue weighted by atomic mass is 10.0. The lowest BCUT2D eigenvalue weighted by Gasteiger charge is -2.29. The number of benzene rings is 1. The zero-order valence-electron chi connectivity index (χ0n) is 46.2. The molecule has 1 aromatic carbocycles. The Labute approximate surface area is 430 Å². The predicted octanol–water partition coefficient (Wildman–Crippen LogP) is 18.5. The first-order chi connectivity index (χ1) is 34.2. The fourth-order valence-corrected chi connectivity index (χ4v) is 10.5. The second kappa shape index (κ2) is 45.0. The summed E-state index contributed by atoms with van der Waals surface area (Å²) < 4.78 is 56.9. The first kappa shape index (κ1) is 65.4. The first-order valence-electron chi connectivity index (χ1n) is 29.2. The highest BCUT2D eigenvalue weighted by atomic mass is 31.2. The minimum absolute atomic E-state index is 0.130. The molecule has 1 aromatic rings. The molecule has 0 heterocycles. The van der Waals surface area contributed by atoms with E-state index in [1.807, 2.05) is 0 Å². The molecule has 70 heavy (non-hydrogen) atoms. The van der Waals surface area contributed by atoms with Crippen LogP contribution in [0.1, 0.15) is 273 Å². The van der Waals surface area contributed by atoms with Crippen LogP contribution in [0.25, 0.3) is 0 Å². The van der Waals surface area contributed by atoms with Crippen molar-refractivity contribution in [1.82, 2.24) is 0 Å². The number of ketones is 2. The highest BCUT2D eigenvalue weighted by Crippen LogP contribution is 2.57. The van der Waals surface area contributed by atoms with Gasteiger partial charge in [0.15, 0.2) is 29.2 Å². The Bertz CT molecular complexity index is 1510. The summed E-state index contributed by atoms with van der Waals surface area (Å²) in [5.41, 5.74) is 0. The van der Waals surface area contributed by atoms with Gasteiger partial charge in [0.05, 0.1) is 26.4 Å². The number of unbranched alkanes of at least 4 members (excludes halogenated alkanes) is 28. The molecule has 3 unspecified atom stereocenters. The van der Waals surface area contributed by atoms with Crippen LogP contribution in [0.15, 0.2) is 31.4 Å². The van der Waals surface area contributed by atoms with Crippen molar-refractivity contribution in [1.29, 1.82) is 0 Å². The van der Waals surface area contributed by atoms with Gasteiger partial charge in [-0.05, 0) is 57.1 Å². The summed E-state index contributed by atoms with van der Waals surface area (Å²) in [6.07, 6.45) is 36.6. The van der Waals surface area contributed by atoms with E-state index >= 15 is 4.57 Å². The third-order valence-electron chi connectivity index (χ3n) is 13.1. The maximum atomic E-state index is 16.2. The van der Waals surface area contributed by atoms with Gasteiger partial charge in [0.1, 0.15) is 11.4 Å². The average molecular weight is 1000 g/mol. The van der Waals surface area contributed by atoms with Crippen LogP contribution in [0, 0.1) is 0 Å². The third-order valence-corrected chi connectivity index (χ3v) is 15.1. The van der Waals surface area contributed by atoms with E-state index < -0.39 is 19.8 Å². The number of carbonyl (C=O) groups is 2. The van der Waals surface area contributed by atoms with Crippen molar-refractivity contribution < 1.29 is 42.1 Å². The van der Waals surface area contributed by atoms with E-state index in [1.54, 1.807) is 6.07 Å². The number of carbonyl (C=O) groups excluding carboxylic acids is 2. The van der Waals surface area contributed by atoms with Gasteiger partial charge in [-0.1, -0.05) is 241 Å². The van der Waals surface area contributed by atoms with Crippen LogP contribution in [0.3, 0.4) is 0 Å². The van der Waals surface area contributed by atoms with E-state index in [9.17, 15) is 9.59 Å². The molecule has 9 nitrogen and oxygen atoms in total. The van der Waals surface area contributed by atoms with E-state index in [0.717, 1.165) is 167 Å². The van der Waals surface area contributed by atoms with E-state index in [-0.39, 0.29) is 35.0 Å². The SMILES string of the molecule is C=CC(=O)C(CCCCCCC)Oc1c(OCCCCCCCC)c(OCCCCCCCC)cc(P(=O)(OCCCCCCCC)OC(CCCCCCC)C(=O)C=C)c1OCCCCCCCC. The lowest BCUT2D eigenvalue weighted by Crippen LogP contribution is -2.29. The van der Waals surface area contributed by atoms with Crippen molar-refractivity contribution in [3.05, 3.63) is 31.4 Å². The molecule has 1 rings (SSSR count). The van der Waals surface area contributed by atoms with Gasteiger partial charge in [-0.3, -0.25) is 18.7 Å². The molecule has 3 atom stereocenters. The fourth-order valence-electron chi connectivity index (χ4n) is 8.63. The summed E-state index contributed by atoms with van der Waals surface area (Å²) in [5, 5.41) is 0.130. The number of ether oxygens (including phenoxy) is 4. The molecule has 0 aliphatic rings. The van der Waals surface area contributed by atoms with Crippen molar-refractivity contribution in [2.45, 2.75) is 285 Å². The minimum atomic E-state index is -4.43. The molecule has 0 aromatic heterocycles. The maximum Gasteiger partial charge on any atom is 0.366 e. The van der Waals surface area contributed by atoms with Crippen LogP contribution in [-0.4, -0.2) is 50.2 Å². The number of rotatable bonds is 53. The van der Waals surface area contributed by atoms with Crippen LogP contribution in [0.4, 0.5) is 0 Å². The Balaban J connectivity index is 4.28. The molecule has 0 saturated heterocycles. The Morgan fingerprint density at radius 3 is 1.21 bits per heavy atom. The first-order valence-corrected chi connectivity index (χ1v) is 30.8. The molecule has 0 amide bonds. The highest BCUT2D eigenvalue weighted by molar-refractivity contribution is 7.62. The summed E-state index contributed by atoms with van der Waals surface area (Å²) in [6.45, 7) is 22.2. The maximum absolute atomic E-state index is 16.2. The van der Waals surface area contributed by atoms with Crippen molar-refractivity contribution >= 4 is 24.5 Å². The lowest BCUT2D eigenvalue weighted by molar-refractivity contribution is -0.122. The fraction of sp³-hybridized carbons (Fsp3) is 0.800. The normalized spacial score (nSPS) is 13.1. The summed E-state index contributed by atoms with van der Waals surface area (Å²) >= 11 is 0.